The Morgan fingerprint density at radius 1 is 1.33 bits per heavy atom. The van der Waals surface area contributed by atoms with Crippen molar-refractivity contribution in [3.05, 3.63) is 24.2 Å². The molecule has 1 aliphatic rings. The lowest BCUT2D eigenvalue weighted by molar-refractivity contribution is 0.338. The van der Waals surface area contributed by atoms with Gasteiger partial charge in [0, 0.05) is 25.0 Å². The third-order valence-corrected chi connectivity index (χ3v) is 4.45. The van der Waals surface area contributed by atoms with Gasteiger partial charge in [-0.3, -0.25) is 0 Å². The molecular formula is C16H25N5. The fourth-order valence-electron chi connectivity index (χ4n) is 2.99. The summed E-state index contributed by atoms with van der Waals surface area (Å²) in [6.07, 6.45) is 8.44. The van der Waals surface area contributed by atoms with Crippen molar-refractivity contribution in [2.75, 3.05) is 11.9 Å². The molecule has 1 fully saturated rings. The second-order valence-corrected chi connectivity index (χ2v) is 6.49. The van der Waals surface area contributed by atoms with Gasteiger partial charge in [0.2, 0.25) is 0 Å². The number of hydrogen-bond donors (Lipinski definition) is 2. The Morgan fingerprint density at radius 2 is 2.10 bits per heavy atom. The number of hydrogen-bond acceptors (Lipinski definition) is 4. The molecule has 0 aromatic carbocycles. The number of aromatic nitrogens is 3. The average Bonchev–Trinajstić information content (AvgIpc) is 2.91. The fraction of sp³-hybridized carbons (Fsp3) is 0.625. The maximum absolute atomic E-state index is 5.97. The van der Waals surface area contributed by atoms with Crippen LogP contribution in [-0.2, 0) is 0 Å². The van der Waals surface area contributed by atoms with Crippen molar-refractivity contribution < 1.29 is 0 Å². The van der Waals surface area contributed by atoms with Crippen LogP contribution >= 0.6 is 0 Å². The Bertz CT molecular complexity index is 596. The van der Waals surface area contributed by atoms with Crippen molar-refractivity contribution in [1.29, 1.82) is 0 Å². The van der Waals surface area contributed by atoms with E-state index in [1.807, 2.05) is 16.9 Å². The van der Waals surface area contributed by atoms with E-state index in [2.05, 4.69) is 35.3 Å². The van der Waals surface area contributed by atoms with E-state index in [0.29, 0.717) is 17.9 Å². The second kappa shape index (κ2) is 6.02. The van der Waals surface area contributed by atoms with E-state index in [9.17, 15) is 0 Å². The number of fused-ring (bicyclic) bond motifs is 1. The van der Waals surface area contributed by atoms with Gasteiger partial charge < -0.3 is 11.1 Å². The van der Waals surface area contributed by atoms with Crippen molar-refractivity contribution in [1.82, 2.24) is 14.6 Å². The summed E-state index contributed by atoms with van der Waals surface area (Å²) in [5.74, 6) is 2.07. The first-order chi connectivity index (χ1) is 10.1. The third kappa shape index (κ3) is 3.18. The maximum Gasteiger partial charge on any atom is 0.152 e. The summed E-state index contributed by atoms with van der Waals surface area (Å²) in [5.41, 5.74) is 8.14. The van der Waals surface area contributed by atoms with Crippen LogP contribution in [-0.4, -0.2) is 27.2 Å². The monoisotopic (exact) mass is 287 g/mol. The first-order valence-corrected chi connectivity index (χ1v) is 7.97. The number of anilines is 1. The molecule has 1 aliphatic carbocycles. The molecule has 5 heteroatoms. The predicted octanol–water partition coefficient (Wildman–Crippen LogP) is 2.78. The van der Waals surface area contributed by atoms with E-state index >= 15 is 0 Å². The average molecular weight is 287 g/mol. The summed E-state index contributed by atoms with van der Waals surface area (Å²) in [4.78, 5) is 4.48. The molecule has 0 spiro atoms. The lowest BCUT2D eigenvalue weighted by Gasteiger charge is -2.26. The maximum atomic E-state index is 5.97. The highest BCUT2D eigenvalue weighted by Crippen LogP contribution is 2.25. The van der Waals surface area contributed by atoms with Crippen LogP contribution < -0.4 is 11.1 Å². The van der Waals surface area contributed by atoms with Crippen molar-refractivity contribution in [3.8, 4) is 0 Å². The zero-order chi connectivity index (χ0) is 14.8. The minimum Gasteiger partial charge on any atom is -0.368 e. The molecule has 0 bridgehead atoms. The molecule has 3 rings (SSSR count). The van der Waals surface area contributed by atoms with Gasteiger partial charge in [0.15, 0.2) is 5.82 Å². The van der Waals surface area contributed by atoms with Crippen molar-refractivity contribution >= 4 is 11.3 Å². The van der Waals surface area contributed by atoms with Crippen LogP contribution in [0.25, 0.3) is 5.52 Å². The predicted molar refractivity (Wildman–Crippen MR) is 85.5 cm³/mol. The molecule has 2 heterocycles. The lowest BCUT2D eigenvalue weighted by atomic mass is 9.86. The van der Waals surface area contributed by atoms with E-state index in [0.717, 1.165) is 36.4 Å². The van der Waals surface area contributed by atoms with Gasteiger partial charge in [-0.1, -0.05) is 13.8 Å². The largest absolute Gasteiger partial charge is 0.368 e. The normalized spacial score (nSPS) is 22.9. The van der Waals surface area contributed by atoms with E-state index < -0.39 is 0 Å². The Balaban J connectivity index is 1.71. The molecule has 5 nitrogen and oxygen atoms in total. The minimum atomic E-state index is 0.409. The summed E-state index contributed by atoms with van der Waals surface area (Å²) in [6, 6.07) is 2.54. The summed E-state index contributed by atoms with van der Waals surface area (Å²) < 4.78 is 1.92. The van der Waals surface area contributed by atoms with Crippen molar-refractivity contribution in [2.24, 2.45) is 11.7 Å². The third-order valence-electron chi connectivity index (χ3n) is 4.45. The molecule has 114 valence electrons. The van der Waals surface area contributed by atoms with Crippen LogP contribution in [0.1, 0.15) is 51.1 Å². The van der Waals surface area contributed by atoms with Crippen molar-refractivity contribution in [2.45, 2.75) is 51.5 Å². The molecule has 0 atom stereocenters. The number of nitrogens with one attached hydrogen (secondary N) is 1. The molecule has 2 aromatic heterocycles. The van der Waals surface area contributed by atoms with Gasteiger partial charge in [0.1, 0.15) is 5.52 Å². The van der Waals surface area contributed by atoms with Gasteiger partial charge in [-0.05, 0) is 43.6 Å². The summed E-state index contributed by atoms with van der Waals surface area (Å²) in [6.45, 7) is 5.29. The van der Waals surface area contributed by atoms with Gasteiger partial charge in [0.25, 0.3) is 0 Å². The Hall–Kier alpha value is -1.62. The molecule has 0 radical (unpaired) electrons. The molecule has 0 amide bonds. The molecule has 21 heavy (non-hydrogen) atoms. The van der Waals surface area contributed by atoms with Crippen LogP contribution in [0.15, 0.2) is 18.5 Å². The molecule has 0 aliphatic heterocycles. The SMILES string of the molecule is CC(C)c1cc2c(NCC3CCC(N)CC3)nccn2n1. The van der Waals surface area contributed by atoms with Gasteiger partial charge in [-0.2, -0.15) is 5.10 Å². The van der Waals surface area contributed by atoms with Gasteiger partial charge >= 0.3 is 0 Å². The van der Waals surface area contributed by atoms with Gasteiger partial charge in [-0.15, -0.1) is 0 Å². The highest BCUT2D eigenvalue weighted by Gasteiger charge is 2.19. The van der Waals surface area contributed by atoms with Crippen LogP contribution in [0.4, 0.5) is 5.82 Å². The number of nitrogens with zero attached hydrogens (tertiary/aromatic N) is 3. The van der Waals surface area contributed by atoms with Crippen LogP contribution in [0, 0.1) is 5.92 Å². The zero-order valence-corrected chi connectivity index (χ0v) is 12.9. The second-order valence-electron chi connectivity index (χ2n) is 6.49. The van der Waals surface area contributed by atoms with E-state index in [1.165, 1.54) is 12.8 Å². The summed E-state index contributed by atoms with van der Waals surface area (Å²) >= 11 is 0. The quantitative estimate of drug-likeness (QED) is 0.907. The summed E-state index contributed by atoms with van der Waals surface area (Å²) in [5, 5.41) is 8.11. The first-order valence-electron chi connectivity index (χ1n) is 7.97. The molecular weight excluding hydrogens is 262 g/mol. The number of rotatable bonds is 4. The fourth-order valence-corrected chi connectivity index (χ4v) is 2.99. The Labute approximate surface area is 125 Å². The molecule has 2 aromatic rings. The smallest absolute Gasteiger partial charge is 0.152 e. The van der Waals surface area contributed by atoms with Crippen LogP contribution in [0.2, 0.25) is 0 Å². The molecule has 0 unspecified atom stereocenters. The van der Waals surface area contributed by atoms with Crippen molar-refractivity contribution in [3.63, 3.8) is 0 Å². The topological polar surface area (TPSA) is 68.2 Å². The Kier molecular flexibility index (Phi) is 4.10. The number of nitrogens with two attached hydrogens (primary N) is 1. The molecule has 1 saturated carbocycles. The molecule has 3 N–H and O–H groups in total. The van der Waals surface area contributed by atoms with E-state index in [4.69, 9.17) is 5.73 Å². The Morgan fingerprint density at radius 3 is 2.81 bits per heavy atom. The summed E-state index contributed by atoms with van der Waals surface area (Å²) in [7, 11) is 0. The standard InChI is InChI=1S/C16H25N5/c1-11(2)14-9-15-16(18-7-8-21(15)20-14)19-10-12-3-5-13(17)6-4-12/h7-9,11-13H,3-6,10,17H2,1-2H3,(H,18,19). The van der Waals surface area contributed by atoms with E-state index in [-0.39, 0.29) is 0 Å². The zero-order valence-electron chi connectivity index (χ0n) is 12.9. The first kappa shape index (κ1) is 14.3. The molecule has 0 saturated heterocycles. The van der Waals surface area contributed by atoms with Gasteiger partial charge in [0.05, 0.1) is 5.69 Å². The van der Waals surface area contributed by atoms with Crippen LogP contribution in [0.3, 0.4) is 0 Å². The van der Waals surface area contributed by atoms with E-state index in [1.54, 1.807) is 0 Å². The minimum absolute atomic E-state index is 0.409. The van der Waals surface area contributed by atoms with Crippen LogP contribution in [0.5, 0.6) is 0 Å². The highest BCUT2D eigenvalue weighted by molar-refractivity contribution is 5.67. The lowest BCUT2D eigenvalue weighted by Crippen LogP contribution is -2.29. The van der Waals surface area contributed by atoms with Gasteiger partial charge in [-0.25, -0.2) is 9.50 Å². The highest BCUT2D eigenvalue weighted by atomic mass is 15.2.